The van der Waals surface area contributed by atoms with E-state index < -0.39 is 22.5 Å². The summed E-state index contributed by atoms with van der Waals surface area (Å²) in [6.07, 6.45) is 1.32. The molecule has 2 amide bonds. The van der Waals surface area contributed by atoms with Crippen LogP contribution in [0.5, 0.6) is 0 Å². The van der Waals surface area contributed by atoms with Crippen LogP contribution in [0.25, 0.3) is 0 Å². The largest absolute Gasteiger partial charge is 0.326 e. The molecule has 0 aliphatic heterocycles. The highest BCUT2D eigenvalue weighted by molar-refractivity contribution is 7.89. The lowest BCUT2D eigenvalue weighted by atomic mass is 10.2. The van der Waals surface area contributed by atoms with Crippen molar-refractivity contribution in [3.63, 3.8) is 0 Å². The molecule has 0 unspecified atom stereocenters. The summed E-state index contributed by atoms with van der Waals surface area (Å²) in [6.45, 7) is 0.840. The van der Waals surface area contributed by atoms with Gasteiger partial charge in [0.15, 0.2) is 0 Å². The number of hydrogen-bond acceptors (Lipinski definition) is 5. The minimum absolute atomic E-state index is 0.0236. The number of halogens is 2. The molecule has 3 aromatic carbocycles. The molecule has 182 valence electrons. The SMILES string of the molecule is CC(=O)Nc1ccc(S(=O)(=O)N(CC(=O)N/N=C/c2cccc(Cl)c2Cl)Cc2ccccc2)cc1. The van der Waals surface area contributed by atoms with E-state index in [4.69, 9.17) is 23.2 Å². The summed E-state index contributed by atoms with van der Waals surface area (Å²) in [5, 5.41) is 7.07. The molecule has 0 saturated carbocycles. The number of nitrogens with one attached hydrogen (secondary N) is 2. The summed E-state index contributed by atoms with van der Waals surface area (Å²) in [7, 11) is -4.06. The van der Waals surface area contributed by atoms with Crippen LogP contribution in [0.3, 0.4) is 0 Å². The molecule has 3 aromatic rings. The van der Waals surface area contributed by atoms with Gasteiger partial charge in [-0.1, -0.05) is 65.7 Å². The molecule has 0 atom stereocenters. The Bertz CT molecular complexity index is 1330. The van der Waals surface area contributed by atoms with Gasteiger partial charge in [-0.25, -0.2) is 13.8 Å². The third-order valence-electron chi connectivity index (χ3n) is 4.71. The fourth-order valence-electron chi connectivity index (χ4n) is 3.07. The fraction of sp³-hybridized carbons (Fsp3) is 0.125. The van der Waals surface area contributed by atoms with Crippen LogP contribution in [-0.2, 0) is 26.2 Å². The Labute approximate surface area is 213 Å². The first-order valence-electron chi connectivity index (χ1n) is 10.3. The van der Waals surface area contributed by atoms with Gasteiger partial charge in [0.05, 0.1) is 27.7 Å². The summed E-state index contributed by atoms with van der Waals surface area (Å²) >= 11 is 12.1. The minimum Gasteiger partial charge on any atom is -0.326 e. The smallest absolute Gasteiger partial charge is 0.255 e. The maximum atomic E-state index is 13.4. The van der Waals surface area contributed by atoms with Gasteiger partial charge in [0, 0.05) is 24.7 Å². The summed E-state index contributed by atoms with van der Waals surface area (Å²) in [4.78, 5) is 23.8. The molecule has 11 heteroatoms. The van der Waals surface area contributed by atoms with Crippen LogP contribution in [0.2, 0.25) is 10.0 Å². The minimum atomic E-state index is -4.06. The second-order valence-electron chi connectivity index (χ2n) is 7.40. The van der Waals surface area contributed by atoms with Crippen molar-refractivity contribution in [2.24, 2.45) is 5.10 Å². The predicted octanol–water partition coefficient (Wildman–Crippen LogP) is 4.29. The highest BCUT2D eigenvalue weighted by Gasteiger charge is 2.27. The van der Waals surface area contributed by atoms with Crippen molar-refractivity contribution in [3.05, 3.63) is 94.0 Å². The van der Waals surface area contributed by atoms with Crippen molar-refractivity contribution < 1.29 is 18.0 Å². The summed E-state index contributed by atoms with van der Waals surface area (Å²) in [5.41, 5.74) is 3.97. The Morgan fingerprint density at radius 1 is 0.971 bits per heavy atom. The van der Waals surface area contributed by atoms with Crippen molar-refractivity contribution in [1.29, 1.82) is 0 Å². The maximum Gasteiger partial charge on any atom is 0.255 e. The first-order chi connectivity index (χ1) is 16.7. The van der Waals surface area contributed by atoms with Crippen LogP contribution < -0.4 is 10.7 Å². The number of hydrazone groups is 1. The lowest BCUT2D eigenvalue weighted by Crippen LogP contribution is -2.39. The quantitative estimate of drug-likeness (QED) is 0.316. The zero-order chi connectivity index (χ0) is 25.4. The van der Waals surface area contributed by atoms with Crippen LogP contribution in [0.1, 0.15) is 18.1 Å². The van der Waals surface area contributed by atoms with Crippen molar-refractivity contribution in [1.82, 2.24) is 9.73 Å². The van der Waals surface area contributed by atoms with Gasteiger partial charge in [0.2, 0.25) is 15.9 Å². The van der Waals surface area contributed by atoms with E-state index in [0.717, 1.165) is 4.31 Å². The van der Waals surface area contributed by atoms with Crippen LogP contribution in [0.4, 0.5) is 5.69 Å². The molecule has 0 radical (unpaired) electrons. The van der Waals surface area contributed by atoms with Crippen molar-refractivity contribution in [2.75, 3.05) is 11.9 Å². The predicted molar refractivity (Wildman–Crippen MR) is 137 cm³/mol. The van der Waals surface area contributed by atoms with Crippen LogP contribution in [0.15, 0.2) is 82.8 Å². The first-order valence-corrected chi connectivity index (χ1v) is 12.5. The summed E-state index contributed by atoms with van der Waals surface area (Å²) in [5.74, 6) is -0.920. The molecule has 2 N–H and O–H groups in total. The molecule has 0 heterocycles. The molecule has 0 aliphatic carbocycles. The van der Waals surface area contributed by atoms with E-state index in [9.17, 15) is 18.0 Å². The molecule has 0 fully saturated rings. The fourth-order valence-corrected chi connectivity index (χ4v) is 4.81. The van der Waals surface area contributed by atoms with E-state index in [-0.39, 0.29) is 22.4 Å². The molecular formula is C24H22Cl2N4O4S. The van der Waals surface area contributed by atoms with E-state index in [2.05, 4.69) is 15.8 Å². The number of hydrogen-bond donors (Lipinski definition) is 2. The zero-order valence-electron chi connectivity index (χ0n) is 18.6. The van der Waals surface area contributed by atoms with E-state index in [1.165, 1.54) is 37.4 Å². The zero-order valence-corrected chi connectivity index (χ0v) is 20.9. The Morgan fingerprint density at radius 2 is 1.66 bits per heavy atom. The topological polar surface area (TPSA) is 108 Å². The number of carbonyl (C=O) groups is 2. The second-order valence-corrected chi connectivity index (χ2v) is 10.1. The van der Waals surface area contributed by atoms with E-state index in [1.54, 1.807) is 42.5 Å². The Kier molecular flexibility index (Phi) is 9.00. The van der Waals surface area contributed by atoms with Gasteiger partial charge >= 0.3 is 0 Å². The van der Waals surface area contributed by atoms with Crippen LogP contribution in [0, 0.1) is 0 Å². The number of benzene rings is 3. The van der Waals surface area contributed by atoms with E-state index in [1.807, 2.05) is 6.07 Å². The number of anilines is 1. The monoisotopic (exact) mass is 532 g/mol. The molecular weight excluding hydrogens is 511 g/mol. The lowest BCUT2D eigenvalue weighted by molar-refractivity contribution is -0.121. The average molecular weight is 533 g/mol. The van der Waals surface area contributed by atoms with Gasteiger partial charge < -0.3 is 5.32 Å². The van der Waals surface area contributed by atoms with Crippen LogP contribution >= 0.6 is 23.2 Å². The van der Waals surface area contributed by atoms with Gasteiger partial charge in [-0.2, -0.15) is 9.41 Å². The maximum absolute atomic E-state index is 13.4. The van der Waals surface area contributed by atoms with Gasteiger partial charge in [0.25, 0.3) is 5.91 Å². The molecule has 0 aliphatic rings. The average Bonchev–Trinajstić information content (AvgIpc) is 2.82. The van der Waals surface area contributed by atoms with Crippen molar-refractivity contribution in [3.8, 4) is 0 Å². The first kappa shape index (κ1) is 26.4. The molecule has 35 heavy (non-hydrogen) atoms. The van der Waals surface area contributed by atoms with Gasteiger partial charge in [-0.05, 0) is 35.9 Å². The number of sulfonamides is 1. The van der Waals surface area contributed by atoms with Gasteiger partial charge in [-0.3, -0.25) is 9.59 Å². The van der Waals surface area contributed by atoms with Crippen molar-refractivity contribution in [2.45, 2.75) is 18.4 Å². The number of nitrogens with zero attached hydrogens (tertiary/aromatic N) is 2. The highest BCUT2D eigenvalue weighted by Crippen LogP contribution is 2.24. The van der Waals surface area contributed by atoms with Gasteiger partial charge in [-0.15, -0.1) is 0 Å². The summed E-state index contributed by atoms with van der Waals surface area (Å²) < 4.78 is 27.8. The lowest BCUT2D eigenvalue weighted by Gasteiger charge is -2.21. The Hall–Kier alpha value is -3.24. The highest BCUT2D eigenvalue weighted by atomic mass is 35.5. The van der Waals surface area contributed by atoms with E-state index in [0.29, 0.717) is 21.8 Å². The standard InChI is InChI=1S/C24H22Cl2N4O4S/c1-17(31)28-20-10-12-21(13-11-20)35(33,34)30(15-18-6-3-2-4-7-18)16-23(32)29-27-14-19-8-5-9-22(25)24(19)26/h2-14H,15-16H2,1H3,(H,28,31)(H,29,32)/b27-14+. The second kappa shape index (κ2) is 11.9. The molecule has 0 saturated heterocycles. The van der Waals surface area contributed by atoms with Crippen LogP contribution in [-0.4, -0.2) is 37.3 Å². The third kappa shape index (κ3) is 7.37. The molecule has 8 nitrogen and oxygen atoms in total. The third-order valence-corrected chi connectivity index (χ3v) is 7.35. The van der Waals surface area contributed by atoms with Crippen molar-refractivity contribution >= 4 is 56.9 Å². The number of rotatable bonds is 9. The molecule has 3 rings (SSSR count). The number of carbonyl (C=O) groups excluding carboxylic acids is 2. The molecule has 0 spiro atoms. The van der Waals surface area contributed by atoms with Gasteiger partial charge in [0.1, 0.15) is 0 Å². The number of amides is 2. The Balaban J connectivity index is 1.79. The normalized spacial score (nSPS) is 11.5. The molecule has 0 bridgehead atoms. The summed E-state index contributed by atoms with van der Waals surface area (Å²) in [6, 6.07) is 19.6. The Morgan fingerprint density at radius 3 is 2.31 bits per heavy atom. The molecule has 0 aromatic heterocycles. The van der Waals surface area contributed by atoms with E-state index >= 15 is 0 Å².